The highest BCUT2D eigenvalue weighted by molar-refractivity contribution is 5.92. The normalized spacial score (nSPS) is 15.2. The molecule has 0 saturated carbocycles. The number of hydrogen-bond donors (Lipinski definition) is 0. The molecule has 0 saturated heterocycles. The van der Waals surface area contributed by atoms with Gasteiger partial charge in [-0.05, 0) is 32.0 Å². The molecule has 0 spiro atoms. The monoisotopic (exact) mass is 283 g/mol. The molecule has 1 aliphatic heterocycles. The molecule has 4 nitrogen and oxygen atoms in total. The van der Waals surface area contributed by atoms with Crippen molar-refractivity contribution in [2.24, 2.45) is 0 Å². The van der Waals surface area contributed by atoms with Gasteiger partial charge in [-0.1, -0.05) is 12.1 Å². The van der Waals surface area contributed by atoms with E-state index < -0.39 is 0 Å². The van der Waals surface area contributed by atoms with Gasteiger partial charge >= 0.3 is 0 Å². The fourth-order valence-corrected chi connectivity index (χ4v) is 2.44. The van der Waals surface area contributed by atoms with E-state index in [4.69, 9.17) is 9.47 Å². The molecule has 0 aliphatic carbocycles. The van der Waals surface area contributed by atoms with Crippen LogP contribution in [0.5, 0.6) is 17.2 Å². The van der Waals surface area contributed by atoms with Gasteiger partial charge in [0.1, 0.15) is 17.0 Å². The third kappa shape index (κ3) is 2.75. The minimum Gasteiger partial charge on any atom is -0.483 e. The van der Waals surface area contributed by atoms with E-state index in [0.717, 1.165) is 17.7 Å². The molecule has 4 heteroatoms. The van der Waals surface area contributed by atoms with Gasteiger partial charge in [0.2, 0.25) is 0 Å². The smallest absolute Gasteiger partial charge is 0.178 e. The van der Waals surface area contributed by atoms with E-state index in [1.807, 2.05) is 18.2 Å². The predicted molar refractivity (Wildman–Crippen MR) is 79.2 cm³/mol. The summed E-state index contributed by atoms with van der Waals surface area (Å²) in [5.41, 5.74) is 1.36. The summed E-state index contributed by atoms with van der Waals surface area (Å²) in [5, 5.41) is 0. The lowest BCUT2D eigenvalue weighted by molar-refractivity contribution is 0.101. The van der Waals surface area contributed by atoms with Gasteiger partial charge in [0.05, 0.1) is 6.20 Å². The molecule has 2 heterocycles. The molecule has 0 N–H and O–H groups in total. The Labute approximate surface area is 123 Å². The Hall–Kier alpha value is -2.36. The van der Waals surface area contributed by atoms with Crippen molar-refractivity contribution < 1.29 is 14.3 Å². The first-order valence-electron chi connectivity index (χ1n) is 6.90. The van der Waals surface area contributed by atoms with Gasteiger partial charge in [-0.2, -0.15) is 0 Å². The average molecular weight is 283 g/mol. The largest absolute Gasteiger partial charge is 0.483 e. The first-order valence-corrected chi connectivity index (χ1v) is 6.90. The lowest BCUT2D eigenvalue weighted by Gasteiger charge is -2.18. The van der Waals surface area contributed by atoms with E-state index in [1.165, 1.54) is 6.92 Å². The number of pyridine rings is 1. The summed E-state index contributed by atoms with van der Waals surface area (Å²) in [6.45, 7) is 5.60. The third-order valence-electron chi connectivity index (χ3n) is 3.38. The topological polar surface area (TPSA) is 48.4 Å². The summed E-state index contributed by atoms with van der Waals surface area (Å²) in [6, 6.07) is 9.28. The van der Waals surface area contributed by atoms with Crippen molar-refractivity contribution in [1.29, 1.82) is 0 Å². The van der Waals surface area contributed by atoms with Crippen LogP contribution in [0.4, 0.5) is 0 Å². The molecule has 1 aromatic carbocycles. The first kappa shape index (κ1) is 13.6. The standard InChI is InChI=1S/C17H17NO3/c1-11(19)14-8-7-13(10-18-14)20-15-6-4-5-12-9-17(2,3)21-16(12)15/h4-8,10H,9H2,1-3H3. The number of nitrogens with zero attached hydrogens (tertiary/aromatic N) is 1. The maximum absolute atomic E-state index is 11.2. The maximum atomic E-state index is 11.2. The molecule has 2 aromatic rings. The van der Waals surface area contributed by atoms with Crippen molar-refractivity contribution in [3.8, 4) is 17.2 Å². The zero-order chi connectivity index (χ0) is 15.0. The summed E-state index contributed by atoms with van der Waals surface area (Å²) in [4.78, 5) is 15.3. The van der Waals surface area contributed by atoms with Crippen LogP contribution in [0.2, 0.25) is 0 Å². The summed E-state index contributed by atoms with van der Waals surface area (Å²) in [6.07, 6.45) is 2.41. The number of hydrogen-bond acceptors (Lipinski definition) is 4. The fraction of sp³-hybridized carbons (Fsp3) is 0.294. The Bertz CT molecular complexity index is 690. The van der Waals surface area contributed by atoms with Crippen LogP contribution >= 0.6 is 0 Å². The Morgan fingerprint density at radius 2 is 2.10 bits per heavy atom. The molecule has 0 radical (unpaired) electrons. The van der Waals surface area contributed by atoms with Gasteiger partial charge in [0.15, 0.2) is 17.3 Å². The summed E-state index contributed by atoms with van der Waals surface area (Å²) >= 11 is 0. The van der Waals surface area contributed by atoms with Gasteiger partial charge in [-0.15, -0.1) is 0 Å². The third-order valence-corrected chi connectivity index (χ3v) is 3.38. The second-order valence-electron chi connectivity index (χ2n) is 5.82. The van der Waals surface area contributed by atoms with Crippen molar-refractivity contribution in [2.75, 3.05) is 0 Å². The van der Waals surface area contributed by atoms with Gasteiger partial charge in [-0.3, -0.25) is 4.79 Å². The number of benzene rings is 1. The van der Waals surface area contributed by atoms with Crippen LogP contribution in [-0.4, -0.2) is 16.4 Å². The van der Waals surface area contributed by atoms with E-state index >= 15 is 0 Å². The highest BCUT2D eigenvalue weighted by atomic mass is 16.5. The lowest BCUT2D eigenvalue weighted by atomic mass is 10.0. The summed E-state index contributed by atoms with van der Waals surface area (Å²) in [7, 11) is 0. The maximum Gasteiger partial charge on any atom is 0.178 e. The van der Waals surface area contributed by atoms with E-state index in [2.05, 4.69) is 18.8 Å². The number of aromatic nitrogens is 1. The molecule has 1 aromatic heterocycles. The van der Waals surface area contributed by atoms with Crippen LogP contribution in [0, 0.1) is 0 Å². The number of ketones is 1. The number of fused-ring (bicyclic) bond motifs is 1. The molecule has 0 fully saturated rings. The zero-order valence-electron chi connectivity index (χ0n) is 12.3. The van der Waals surface area contributed by atoms with Crippen molar-refractivity contribution in [2.45, 2.75) is 32.8 Å². The molecule has 108 valence electrons. The number of ether oxygens (including phenoxy) is 2. The van der Waals surface area contributed by atoms with Gasteiger partial charge in [0, 0.05) is 18.9 Å². The van der Waals surface area contributed by atoms with Crippen molar-refractivity contribution >= 4 is 5.78 Å². The van der Waals surface area contributed by atoms with Crippen LogP contribution in [0.25, 0.3) is 0 Å². The lowest BCUT2D eigenvalue weighted by Crippen LogP contribution is -2.24. The van der Waals surface area contributed by atoms with Gasteiger partial charge < -0.3 is 9.47 Å². The molecule has 0 unspecified atom stereocenters. The van der Waals surface area contributed by atoms with Crippen LogP contribution in [0.1, 0.15) is 36.8 Å². The second kappa shape index (κ2) is 4.88. The Kier molecular flexibility index (Phi) is 3.16. The number of para-hydroxylation sites is 1. The SMILES string of the molecule is CC(=O)c1ccc(Oc2cccc3c2OC(C)(C)C3)cn1. The number of Topliss-reactive ketones (excluding diaryl/α,β-unsaturated/α-hetero) is 1. The zero-order valence-corrected chi connectivity index (χ0v) is 12.3. The Morgan fingerprint density at radius 1 is 1.29 bits per heavy atom. The summed E-state index contributed by atoms with van der Waals surface area (Å²) < 4.78 is 11.8. The minimum absolute atomic E-state index is 0.0627. The van der Waals surface area contributed by atoms with E-state index in [-0.39, 0.29) is 11.4 Å². The molecular formula is C17H17NO3. The number of carbonyl (C=O) groups is 1. The molecule has 3 rings (SSSR count). The average Bonchev–Trinajstić information content (AvgIpc) is 2.74. The van der Waals surface area contributed by atoms with Crippen LogP contribution in [0.3, 0.4) is 0 Å². The summed E-state index contributed by atoms with van der Waals surface area (Å²) in [5.74, 6) is 1.99. The molecule has 0 bridgehead atoms. The Morgan fingerprint density at radius 3 is 2.76 bits per heavy atom. The van der Waals surface area contributed by atoms with Crippen molar-refractivity contribution in [3.63, 3.8) is 0 Å². The van der Waals surface area contributed by atoms with Crippen molar-refractivity contribution in [1.82, 2.24) is 4.98 Å². The quantitative estimate of drug-likeness (QED) is 0.804. The van der Waals surface area contributed by atoms with Crippen LogP contribution in [-0.2, 0) is 6.42 Å². The first-order chi connectivity index (χ1) is 9.94. The van der Waals surface area contributed by atoms with E-state index in [0.29, 0.717) is 17.2 Å². The highest BCUT2D eigenvalue weighted by Crippen LogP contribution is 2.43. The number of rotatable bonds is 3. The minimum atomic E-state index is -0.210. The van der Waals surface area contributed by atoms with Crippen molar-refractivity contribution in [3.05, 3.63) is 47.8 Å². The molecular weight excluding hydrogens is 266 g/mol. The highest BCUT2D eigenvalue weighted by Gasteiger charge is 2.32. The molecule has 0 atom stereocenters. The Balaban J connectivity index is 1.87. The number of carbonyl (C=O) groups excluding carboxylic acids is 1. The molecule has 21 heavy (non-hydrogen) atoms. The second-order valence-corrected chi connectivity index (χ2v) is 5.82. The fourth-order valence-electron chi connectivity index (χ4n) is 2.44. The van der Waals surface area contributed by atoms with Gasteiger partial charge in [0.25, 0.3) is 0 Å². The molecule has 0 amide bonds. The molecule has 1 aliphatic rings. The predicted octanol–water partition coefficient (Wildman–Crippen LogP) is 3.79. The van der Waals surface area contributed by atoms with E-state index in [1.54, 1.807) is 18.3 Å². The van der Waals surface area contributed by atoms with Gasteiger partial charge in [-0.25, -0.2) is 4.98 Å². The van der Waals surface area contributed by atoms with Crippen LogP contribution in [0.15, 0.2) is 36.5 Å². The van der Waals surface area contributed by atoms with Crippen LogP contribution < -0.4 is 9.47 Å². The van der Waals surface area contributed by atoms with E-state index in [9.17, 15) is 4.79 Å².